The standard InChI is InChI=1S/C14H18ClN3OS/c1-17-14(19)9-3-2-6-18(8-9)12-5-4-10(15)7-11(12)13(16)20/h4-5,7,9H,2-3,6,8H2,1H3,(H2,16,20)(H,17,19). The second-order valence-electron chi connectivity index (χ2n) is 4.93. The molecule has 0 bridgehead atoms. The number of carbonyl (C=O) groups is 1. The number of benzene rings is 1. The van der Waals surface area contributed by atoms with Crippen molar-refractivity contribution >= 4 is 40.4 Å². The number of hydrogen-bond acceptors (Lipinski definition) is 3. The Morgan fingerprint density at radius 2 is 2.30 bits per heavy atom. The van der Waals surface area contributed by atoms with E-state index in [9.17, 15) is 4.79 Å². The van der Waals surface area contributed by atoms with E-state index in [0.717, 1.165) is 30.6 Å². The van der Waals surface area contributed by atoms with Gasteiger partial charge in [-0.3, -0.25) is 4.79 Å². The van der Waals surface area contributed by atoms with Crippen molar-refractivity contribution in [2.75, 3.05) is 25.0 Å². The van der Waals surface area contributed by atoms with Crippen molar-refractivity contribution in [2.45, 2.75) is 12.8 Å². The zero-order valence-electron chi connectivity index (χ0n) is 11.4. The lowest BCUT2D eigenvalue weighted by molar-refractivity contribution is -0.124. The van der Waals surface area contributed by atoms with E-state index in [0.29, 0.717) is 16.6 Å². The summed E-state index contributed by atoms with van der Waals surface area (Å²) in [5.74, 6) is 0.0872. The molecule has 0 saturated carbocycles. The summed E-state index contributed by atoms with van der Waals surface area (Å²) in [5.41, 5.74) is 7.50. The van der Waals surface area contributed by atoms with Crippen LogP contribution in [-0.4, -0.2) is 31.0 Å². The van der Waals surface area contributed by atoms with Gasteiger partial charge in [0.2, 0.25) is 5.91 Å². The van der Waals surface area contributed by atoms with Gasteiger partial charge in [0.15, 0.2) is 0 Å². The molecular formula is C14H18ClN3OS. The largest absolute Gasteiger partial charge is 0.389 e. The fourth-order valence-electron chi connectivity index (χ4n) is 2.60. The lowest BCUT2D eigenvalue weighted by Crippen LogP contribution is -2.42. The van der Waals surface area contributed by atoms with E-state index in [1.54, 1.807) is 13.1 Å². The molecule has 0 radical (unpaired) electrons. The zero-order valence-corrected chi connectivity index (χ0v) is 12.9. The summed E-state index contributed by atoms with van der Waals surface area (Å²) in [5, 5.41) is 3.32. The van der Waals surface area contributed by atoms with E-state index in [4.69, 9.17) is 29.6 Å². The molecule has 108 valence electrons. The summed E-state index contributed by atoms with van der Waals surface area (Å²) < 4.78 is 0. The van der Waals surface area contributed by atoms with Gasteiger partial charge in [-0.25, -0.2) is 0 Å². The quantitative estimate of drug-likeness (QED) is 0.838. The van der Waals surface area contributed by atoms with E-state index in [-0.39, 0.29) is 11.8 Å². The van der Waals surface area contributed by atoms with Crippen LogP contribution >= 0.6 is 23.8 Å². The SMILES string of the molecule is CNC(=O)C1CCCN(c2ccc(Cl)cc2C(N)=S)C1. The Morgan fingerprint density at radius 3 is 2.95 bits per heavy atom. The number of anilines is 1. The van der Waals surface area contributed by atoms with Gasteiger partial charge < -0.3 is 16.0 Å². The molecule has 1 unspecified atom stereocenters. The first-order valence-corrected chi connectivity index (χ1v) is 7.37. The number of hydrogen-bond donors (Lipinski definition) is 2. The molecule has 1 heterocycles. The molecule has 1 atom stereocenters. The molecule has 6 heteroatoms. The van der Waals surface area contributed by atoms with Crippen LogP contribution in [0, 0.1) is 5.92 Å². The average Bonchev–Trinajstić information content (AvgIpc) is 2.46. The fraction of sp³-hybridized carbons (Fsp3) is 0.429. The number of amides is 1. The van der Waals surface area contributed by atoms with E-state index in [2.05, 4.69) is 10.2 Å². The van der Waals surface area contributed by atoms with Gasteiger partial charge in [0, 0.05) is 36.4 Å². The van der Waals surface area contributed by atoms with Crippen molar-refractivity contribution in [1.29, 1.82) is 0 Å². The van der Waals surface area contributed by atoms with Crippen molar-refractivity contribution < 1.29 is 4.79 Å². The van der Waals surface area contributed by atoms with Gasteiger partial charge in [-0.1, -0.05) is 23.8 Å². The van der Waals surface area contributed by atoms with Crippen LogP contribution in [0.3, 0.4) is 0 Å². The van der Waals surface area contributed by atoms with E-state index < -0.39 is 0 Å². The number of rotatable bonds is 3. The van der Waals surface area contributed by atoms with Crippen LogP contribution in [0.15, 0.2) is 18.2 Å². The molecule has 1 aromatic carbocycles. The molecule has 0 spiro atoms. The molecule has 1 aromatic rings. The average molecular weight is 312 g/mol. The predicted octanol–water partition coefficient (Wildman–Crippen LogP) is 1.94. The van der Waals surface area contributed by atoms with Gasteiger partial charge in [-0.05, 0) is 31.0 Å². The van der Waals surface area contributed by atoms with Gasteiger partial charge >= 0.3 is 0 Å². The lowest BCUT2D eigenvalue weighted by atomic mass is 9.96. The van der Waals surface area contributed by atoms with Gasteiger partial charge in [0.25, 0.3) is 0 Å². The Hall–Kier alpha value is -1.33. The van der Waals surface area contributed by atoms with Crippen molar-refractivity contribution in [3.05, 3.63) is 28.8 Å². The smallest absolute Gasteiger partial charge is 0.224 e. The molecule has 1 saturated heterocycles. The number of halogens is 1. The van der Waals surface area contributed by atoms with Crippen molar-refractivity contribution in [3.63, 3.8) is 0 Å². The molecule has 1 fully saturated rings. The highest BCUT2D eigenvalue weighted by molar-refractivity contribution is 7.80. The van der Waals surface area contributed by atoms with Gasteiger partial charge in [-0.2, -0.15) is 0 Å². The van der Waals surface area contributed by atoms with Gasteiger partial charge in [0.05, 0.1) is 5.92 Å². The van der Waals surface area contributed by atoms with Crippen molar-refractivity contribution in [1.82, 2.24) is 5.32 Å². The summed E-state index contributed by atoms with van der Waals surface area (Å²) in [6.45, 7) is 1.57. The third-order valence-electron chi connectivity index (χ3n) is 3.60. The van der Waals surface area contributed by atoms with Crippen LogP contribution in [-0.2, 0) is 4.79 Å². The number of piperidine rings is 1. The van der Waals surface area contributed by atoms with Gasteiger partial charge in [-0.15, -0.1) is 0 Å². The molecule has 3 N–H and O–H groups in total. The van der Waals surface area contributed by atoms with E-state index in [1.165, 1.54) is 0 Å². The second kappa shape index (κ2) is 6.41. The first kappa shape index (κ1) is 15.1. The Morgan fingerprint density at radius 1 is 1.55 bits per heavy atom. The maximum Gasteiger partial charge on any atom is 0.224 e. The molecule has 0 aliphatic carbocycles. The van der Waals surface area contributed by atoms with Crippen LogP contribution in [0.4, 0.5) is 5.69 Å². The number of nitrogens with one attached hydrogen (secondary N) is 1. The topological polar surface area (TPSA) is 58.4 Å². The minimum Gasteiger partial charge on any atom is -0.389 e. The minimum atomic E-state index is 0.00336. The Kier molecular flexibility index (Phi) is 4.83. The molecule has 1 aliphatic rings. The first-order chi connectivity index (χ1) is 9.52. The van der Waals surface area contributed by atoms with Crippen LogP contribution < -0.4 is 16.0 Å². The van der Waals surface area contributed by atoms with Crippen LogP contribution in [0.25, 0.3) is 0 Å². The van der Waals surface area contributed by atoms with Gasteiger partial charge in [0.1, 0.15) is 4.99 Å². The summed E-state index contributed by atoms with van der Waals surface area (Å²) in [7, 11) is 1.67. The highest BCUT2D eigenvalue weighted by atomic mass is 35.5. The summed E-state index contributed by atoms with van der Waals surface area (Å²) in [4.78, 5) is 14.3. The molecule has 20 heavy (non-hydrogen) atoms. The van der Waals surface area contributed by atoms with E-state index in [1.807, 2.05) is 12.1 Å². The third kappa shape index (κ3) is 3.22. The number of nitrogens with zero attached hydrogens (tertiary/aromatic N) is 1. The molecule has 0 aromatic heterocycles. The first-order valence-electron chi connectivity index (χ1n) is 6.59. The maximum atomic E-state index is 11.8. The van der Waals surface area contributed by atoms with Crippen LogP contribution in [0.5, 0.6) is 0 Å². The monoisotopic (exact) mass is 311 g/mol. The van der Waals surface area contributed by atoms with Crippen molar-refractivity contribution in [3.8, 4) is 0 Å². The zero-order chi connectivity index (χ0) is 14.7. The lowest BCUT2D eigenvalue weighted by Gasteiger charge is -2.34. The third-order valence-corrected chi connectivity index (χ3v) is 4.06. The minimum absolute atomic E-state index is 0.00336. The summed E-state index contributed by atoms with van der Waals surface area (Å²) in [6.07, 6.45) is 1.88. The van der Waals surface area contributed by atoms with Crippen LogP contribution in [0.2, 0.25) is 5.02 Å². The molecule has 1 amide bonds. The Balaban J connectivity index is 2.27. The Bertz CT molecular complexity index is 535. The predicted molar refractivity (Wildman–Crippen MR) is 86.3 cm³/mol. The van der Waals surface area contributed by atoms with E-state index >= 15 is 0 Å². The number of thiocarbonyl (C=S) groups is 1. The molecule has 1 aliphatic heterocycles. The van der Waals surface area contributed by atoms with Crippen molar-refractivity contribution in [2.24, 2.45) is 11.7 Å². The molecular weight excluding hydrogens is 294 g/mol. The summed E-state index contributed by atoms with van der Waals surface area (Å²) >= 11 is 11.1. The van der Waals surface area contributed by atoms with Crippen LogP contribution in [0.1, 0.15) is 18.4 Å². The normalized spacial score (nSPS) is 18.7. The molecule has 4 nitrogen and oxygen atoms in total. The highest BCUT2D eigenvalue weighted by Crippen LogP contribution is 2.28. The summed E-state index contributed by atoms with van der Waals surface area (Å²) in [6, 6.07) is 5.52. The molecule has 2 rings (SSSR count). The maximum absolute atomic E-state index is 11.8. The highest BCUT2D eigenvalue weighted by Gasteiger charge is 2.26. The second-order valence-corrected chi connectivity index (χ2v) is 5.80. The Labute approximate surface area is 129 Å². The number of nitrogens with two attached hydrogens (primary N) is 1. The number of carbonyl (C=O) groups excluding carboxylic acids is 1. The fourth-order valence-corrected chi connectivity index (χ4v) is 2.93.